The van der Waals surface area contributed by atoms with E-state index in [0.717, 1.165) is 22.1 Å². The molecule has 2 rings (SSSR count). The summed E-state index contributed by atoms with van der Waals surface area (Å²) in [6.07, 6.45) is 3.78. The van der Waals surface area contributed by atoms with Crippen LogP contribution in [0, 0.1) is 22.9 Å². The molecule has 0 aliphatic heterocycles. The molecule has 0 radical (unpaired) electrons. The van der Waals surface area contributed by atoms with E-state index in [1.165, 1.54) is 0 Å². The summed E-state index contributed by atoms with van der Waals surface area (Å²) in [4.78, 5) is 0. The molecule has 0 unspecified atom stereocenters. The van der Waals surface area contributed by atoms with Gasteiger partial charge in [0.1, 0.15) is 0 Å². The SMILES string of the molecule is N#CNc1cccc2c(NC#N)cccc12. The molecule has 76 valence electrons. The van der Waals surface area contributed by atoms with Crippen LogP contribution in [0.15, 0.2) is 36.4 Å². The van der Waals surface area contributed by atoms with Crippen LogP contribution < -0.4 is 10.6 Å². The van der Waals surface area contributed by atoms with Crippen molar-refractivity contribution in [3.63, 3.8) is 0 Å². The van der Waals surface area contributed by atoms with Crippen LogP contribution in [-0.4, -0.2) is 0 Å². The highest BCUT2D eigenvalue weighted by Gasteiger charge is 2.03. The van der Waals surface area contributed by atoms with Crippen LogP contribution in [0.3, 0.4) is 0 Å². The molecule has 0 aromatic heterocycles. The van der Waals surface area contributed by atoms with Gasteiger partial charge in [-0.1, -0.05) is 24.3 Å². The maximum atomic E-state index is 8.62. The third-order valence-corrected chi connectivity index (χ3v) is 2.30. The van der Waals surface area contributed by atoms with E-state index in [0.29, 0.717) is 0 Å². The molecule has 0 bridgehead atoms. The zero-order valence-corrected chi connectivity index (χ0v) is 8.36. The Morgan fingerprint density at radius 1 is 0.750 bits per heavy atom. The third kappa shape index (κ3) is 1.60. The zero-order chi connectivity index (χ0) is 11.4. The molecule has 4 nitrogen and oxygen atoms in total. The van der Waals surface area contributed by atoms with Crippen molar-refractivity contribution in [1.29, 1.82) is 10.5 Å². The minimum absolute atomic E-state index is 0.738. The van der Waals surface area contributed by atoms with E-state index in [9.17, 15) is 0 Å². The molecule has 0 spiro atoms. The molecule has 0 amide bonds. The summed E-state index contributed by atoms with van der Waals surface area (Å²) in [5.41, 5.74) is 1.48. The molecule has 0 saturated carbocycles. The Morgan fingerprint density at radius 2 is 1.19 bits per heavy atom. The van der Waals surface area contributed by atoms with E-state index in [2.05, 4.69) is 10.6 Å². The smallest absolute Gasteiger partial charge is 0.181 e. The molecule has 0 fully saturated rings. The summed E-state index contributed by atoms with van der Waals surface area (Å²) >= 11 is 0. The second kappa shape index (κ2) is 4.20. The third-order valence-electron chi connectivity index (χ3n) is 2.30. The Morgan fingerprint density at radius 3 is 1.56 bits per heavy atom. The first-order chi connectivity index (χ1) is 7.86. The minimum atomic E-state index is 0.738. The van der Waals surface area contributed by atoms with E-state index >= 15 is 0 Å². The number of nitrogens with one attached hydrogen (secondary N) is 2. The predicted molar refractivity (Wildman–Crippen MR) is 62.4 cm³/mol. The van der Waals surface area contributed by atoms with Gasteiger partial charge < -0.3 is 0 Å². The maximum Gasteiger partial charge on any atom is 0.181 e. The second-order valence-electron chi connectivity index (χ2n) is 3.18. The summed E-state index contributed by atoms with van der Waals surface area (Å²) < 4.78 is 0. The van der Waals surface area contributed by atoms with Crippen molar-refractivity contribution < 1.29 is 0 Å². The van der Waals surface area contributed by atoms with Gasteiger partial charge in [-0.2, -0.15) is 10.5 Å². The Labute approximate surface area is 92.7 Å². The zero-order valence-electron chi connectivity index (χ0n) is 8.36. The Kier molecular flexibility index (Phi) is 2.58. The molecule has 2 N–H and O–H groups in total. The lowest BCUT2D eigenvalue weighted by atomic mass is 10.1. The van der Waals surface area contributed by atoms with E-state index in [1.54, 1.807) is 0 Å². The molecule has 16 heavy (non-hydrogen) atoms. The van der Waals surface area contributed by atoms with Crippen LogP contribution in [-0.2, 0) is 0 Å². The van der Waals surface area contributed by atoms with Gasteiger partial charge in [0.2, 0.25) is 0 Å². The van der Waals surface area contributed by atoms with Crippen molar-refractivity contribution in [2.24, 2.45) is 0 Å². The fraction of sp³-hybridized carbons (Fsp3) is 0. The lowest BCUT2D eigenvalue weighted by Gasteiger charge is -2.07. The van der Waals surface area contributed by atoms with Gasteiger partial charge in [-0.25, -0.2) is 0 Å². The summed E-state index contributed by atoms with van der Waals surface area (Å²) in [6, 6.07) is 11.1. The number of fused-ring (bicyclic) bond motifs is 1. The summed E-state index contributed by atoms with van der Waals surface area (Å²) in [7, 11) is 0. The van der Waals surface area contributed by atoms with E-state index in [-0.39, 0.29) is 0 Å². The average molecular weight is 208 g/mol. The van der Waals surface area contributed by atoms with Crippen molar-refractivity contribution in [3.8, 4) is 12.4 Å². The van der Waals surface area contributed by atoms with Gasteiger partial charge >= 0.3 is 0 Å². The quantitative estimate of drug-likeness (QED) is 0.587. The van der Waals surface area contributed by atoms with Crippen molar-refractivity contribution in [1.82, 2.24) is 0 Å². The maximum absolute atomic E-state index is 8.62. The lowest BCUT2D eigenvalue weighted by molar-refractivity contribution is 1.47. The van der Waals surface area contributed by atoms with E-state index in [4.69, 9.17) is 10.5 Å². The largest absolute Gasteiger partial charge is 0.292 e. The standard InChI is InChI=1S/C12H8N4/c13-7-15-11-5-1-3-9-10(11)4-2-6-12(9)16-8-14/h1-6,15-16H. The van der Waals surface area contributed by atoms with Crippen LogP contribution >= 0.6 is 0 Å². The number of hydrogen-bond donors (Lipinski definition) is 2. The van der Waals surface area contributed by atoms with Crippen molar-refractivity contribution >= 4 is 22.1 Å². The molecule has 2 aromatic rings. The van der Waals surface area contributed by atoms with E-state index < -0.39 is 0 Å². The number of rotatable bonds is 2. The van der Waals surface area contributed by atoms with Crippen LogP contribution in [0.2, 0.25) is 0 Å². The van der Waals surface area contributed by atoms with Crippen LogP contribution in [0.25, 0.3) is 10.8 Å². The van der Waals surface area contributed by atoms with Gasteiger partial charge in [-0.15, -0.1) is 0 Å². The molecule has 0 saturated heterocycles. The Balaban J connectivity index is 2.68. The highest BCUT2D eigenvalue weighted by molar-refractivity contribution is 6.01. The molecule has 0 heterocycles. The van der Waals surface area contributed by atoms with Gasteiger partial charge in [0.05, 0.1) is 11.4 Å². The highest BCUT2D eigenvalue weighted by atomic mass is 14.9. The first-order valence-corrected chi connectivity index (χ1v) is 4.69. The monoisotopic (exact) mass is 208 g/mol. The molecule has 4 heteroatoms. The summed E-state index contributed by atoms with van der Waals surface area (Å²) in [5.74, 6) is 0. The predicted octanol–water partition coefficient (Wildman–Crippen LogP) is 2.63. The molecule has 2 aromatic carbocycles. The van der Waals surface area contributed by atoms with Crippen molar-refractivity contribution in [2.75, 3.05) is 10.6 Å². The topological polar surface area (TPSA) is 71.6 Å². The van der Waals surface area contributed by atoms with Crippen LogP contribution in [0.4, 0.5) is 11.4 Å². The molecule has 0 aliphatic carbocycles. The second-order valence-corrected chi connectivity index (χ2v) is 3.18. The first-order valence-electron chi connectivity index (χ1n) is 4.69. The molecule has 0 atom stereocenters. The van der Waals surface area contributed by atoms with Crippen molar-refractivity contribution in [3.05, 3.63) is 36.4 Å². The summed E-state index contributed by atoms with van der Waals surface area (Å²) in [5, 5.41) is 24.3. The molecular weight excluding hydrogens is 200 g/mol. The molecular formula is C12H8N4. The fourth-order valence-corrected chi connectivity index (χ4v) is 1.65. The fourth-order valence-electron chi connectivity index (χ4n) is 1.65. The van der Waals surface area contributed by atoms with Gasteiger partial charge in [0, 0.05) is 10.8 Å². The summed E-state index contributed by atoms with van der Waals surface area (Å²) in [6.45, 7) is 0. The van der Waals surface area contributed by atoms with Gasteiger partial charge in [-0.05, 0) is 12.1 Å². The highest BCUT2D eigenvalue weighted by Crippen LogP contribution is 2.28. The number of benzene rings is 2. The van der Waals surface area contributed by atoms with Gasteiger partial charge in [-0.3, -0.25) is 10.6 Å². The number of anilines is 2. The average Bonchev–Trinajstić information content (AvgIpc) is 2.31. The van der Waals surface area contributed by atoms with Crippen LogP contribution in [0.5, 0.6) is 0 Å². The van der Waals surface area contributed by atoms with Crippen molar-refractivity contribution in [2.45, 2.75) is 0 Å². The van der Waals surface area contributed by atoms with Gasteiger partial charge in [0.25, 0.3) is 0 Å². The minimum Gasteiger partial charge on any atom is -0.292 e. The Hall–Kier alpha value is -2.72. The number of nitrogens with zero attached hydrogens (tertiary/aromatic N) is 2. The lowest BCUT2D eigenvalue weighted by Crippen LogP contribution is -1.92. The Bertz CT molecular complexity index is 549. The van der Waals surface area contributed by atoms with Crippen LogP contribution in [0.1, 0.15) is 0 Å². The first kappa shape index (κ1) is 9.82. The molecule has 0 aliphatic rings. The van der Waals surface area contributed by atoms with E-state index in [1.807, 2.05) is 48.8 Å². The normalized spacial score (nSPS) is 9.12. The number of hydrogen-bond acceptors (Lipinski definition) is 4. The van der Waals surface area contributed by atoms with Gasteiger partial charge in [0.15, 0.2) is 12.4 Å². The number of nitriles is 2.